The maximum Gasteiger partial charge on any atom is 0.220 e. The molecule has 1 aromatic heterocycles. The molecule has 0 aliphatic carbocycles. The van der Waals surface area contributed by atoms with Gasteiger partial charge in [-0.1, -0.05) is 18.2 Å². The van der Waals surface area contributed by atoms with E-state index in [-0.39, 0.29) is 11.9 Å². The van der Waals surface area contributed by atoms with E-state index >= 15 is 0 Å². The van der Waals surface area contributed by atoms with Crippen LogP contribution in [0.25, 0.3) is 10.9 Å². The van der Waals surface area contributed by atoms with E-state index in [9.17, 15) is 4.79 Å². The first-order valence-corrected chi connectivity index (χ1v) is 7.12. The van der Waals surface area contributed by atoms with Gasteiger partial charge in [0.15, 0.2) is 0 Å². The van der Waals surface area contributed by atoms with Gasteiger partial charge < -0.3 is 15.0 Å². The van der Waals surface area contributed by atoms with Gasteiger partial charge in [0.25, 0.3) is 0 Å². The first-order chi connectivity index (χ1) is 9.70. The van der Waals surface area contributed by atoms with Crippen LogP contribution in [-0.2, 0) is 16.0 Å². The summed E-state index contributed by atoms with van der Waals surface area (Å²) in [6.07, 6.45) is 3.23. The predicted molar refractivity (Wildman–Crippen MR) is 80.7 cm³/mol. The van der Waals surface area contributed by atoms with E-state index < -0.39 is 0 Å². The van der Waals surface area contributed by atoms with Crippen molar-refractivity contribution >= 4 is 16.8 Å². The smallest absolute Gasteiger partial charge is 0.220 e. The van der Waals surface area contributed by atoms with Gasteiger partial charge in [-0.2, -0.15) is 0 Å². The molecule has 1 heterocycles. The van der Waals surface area contributed by atoms with E-state index in [1.54, 1.807) is 0 Å². The number of para-hydroxylation sites is 1. The first kappa shape index (κ1) is 14.6. The van der Waals surface area contributed by atoms with Crippen molar-refractivity contribution in [2.75, 3.05) is 13.2 Å². The summed E-state index contributed by atoms with van der Waals surface area (Å²) in [6.45, 7) is 5.15. The lowest BCUT2D eigenvalue weighted by Crippen LogP contribution is -2.36. The summed E-state index contributed by atoms with van der Waals surface area (Å²) >= 11 is 0. The lowest BCUT2D eigenvalue weighted by atomic mass is 10.1. The SMILES string of the molecule is CCOCC(C)NC(=O)CCc1c[nH]c2ccccc12. The number of aromatic nitrogens is 1. The summed E-state index contributed by atoms with van der Waals surface area (Å²) in [5, 5.41) is 4.15. The number of aromatic amines is 1. The van der Waals surface area contributed by atoms with E-state index in [1.165, 1.54) is 10.9 Å². The number of amides is 1. The predicted octanol–water partition coefficient (Wildman–Crippen LogP) is 2.64. The molecule has 0 spiro atoms. The minimum atomic E-state index is 0.0606. The highest BCUT2D eigenvalue weighted by atomic mass is 16.5. The number of benzene rings is 1. The fourth-order valence-corrected chi connectivity index (χ4v) is 2.27. The van der Waals surface area contributed by atoms with Crippen LogP contribution >= 0.6 is 0 Å². The average Bonchev–Trinajstić information content (AvgIpc) is 2.86. The maximum atomic E-state index is 11.9. The summed E-state index contributed by atoms with van der Waals surface area (Å²) in [5.74, 6) is 0.0717. The summed E-state index contributed by atoms with van der Waals surface area (Å²) in [4.78, 5) is 15.1. The van der Waals surface area contributed by atoms with Gasteiger partial charge in [0.2, 0.25) is 5.91 Å². The molecule has 2 N–H and O–H groups in total. The van der Waals surface area contributed by atoms with Crippen LogP contribution in [0.2, 0.25) is 0 Å². The molecule has 0 radical (unpaired) electrons. The third kappa shape index (κ3) is 3.84. The monoisotopic (exact) mass is 274 g/mol. The topological polar surface area (TPSA) is 54.1 Å². The summed E-state index contributed by atoms with van der Waals surface area (Å²) in [5.41, 5.74) is 2.31. The molecule has 1 aromatic carbocycles. The van der Waals surface area contributed by atoms with Crippen molar-refractivity contribution in [3.63, 3.8) is 0 Å². The minimum Gasteiger partial charge on any atom is -0.380 e. The van der Waals surface area contributed by atoms with E-state index in [0.717, 1.165) is 11.9 Å². The van der Waals surface area contributed by atoms with Crippen LogP contribution in [0, 0.1) is 0 Å². The Kier molecular flexibility index (Phi) is 5.18. The Balaban J connectivity index is 1.84. The number of hydrogen-bond acceptors (Lipinski definition) is 2. The number of nitrogens with one attached hydrogen (secondary N) is 2. The summed E-state index contributed by atoms with van der Waals surface area (Å²) < 4.78 is 5.28. The molecule has 0 bridgehead atoms. The minimum absolute atomic E-state index is 0.0606. The number of carbonyl (C=O) groups is 1. The highest BCUT2D eigenvalue weighted by Gasteiger charge is 2.09. The van der Waals surface area contributed by atoms with Crippen molar-refractivity contribution in [3.05, 3.63) is 36.0 Å². The van der Waals surface area contributed by atoms with Gasteiger partial charge in [-0.05, 0) is 31.9 Å². The van der Waals surface area contributed by atoms with Crippen LogP contribution < -0.4 is 5.32 Å². The molecular weight excluding hydrogens is 252 g/mol. The Labute approximate surface area is 119 Å². The largest absolute Gasteiger partial charge is 0.380 e. The second kappa shape index (κ2) is 7.10. The molecule has 4 heteroatoms. The Morgan fingerprint density at radius 2 is 2.20 bits per heavy atom. The number of ether oxygens (including phenoxy) is 1. The van der Waals surface area contributed by atoms with E-state index in [4.69, 9.17) is 4.74 Å². The van der Waals surface area contributed by atoms with Gasteiger partial charge in [-0.25, -0.2) is 0 Å². The van der Waals surface area contributed by atoms with E-state index in [0.29, 0.717) is 19.6 Å². The van der Waals surface area contributed by atoms with Crippen LogP contribution in [-0.4, -0.2) is 30.1 Å². The zero-order valence-corrected chi connectivity index (χ0v) is 12.1. The van der Waals surface area contributed by atoms with Crippen molar-refractivity contribution < 1.29 is 9.53 Å². The summed E-state index contributed by atoms with van der Waals surface area (Å²) in [7, 11) is 0. The van der Waals surface area contributed by atoms with Crippen LogP contribution in [0.1, 0.15) is 25.8 Å². The molecule has 0 saturated heterocycles. The van der Waals surface area contributed by atoms with Crippen LogP contribution in [0.4, 0.5) is 0 Å². The Bertz CT molecular complexity index is 562. The fraction of sp³-hybridized carbons (Fsp3) is 0.438. The van der Waals surface area contributed by atoms with Gasteiger partial charge in [0.05, 0.1) is 6.61 Å². The maximum absolute atomic E-state index is 11.9. The molecule has 0 aliphatic rings. The van der Waals surface area contributed by atoms with Gasteiger partial charge in [-0.3, -0.25) is 4.79 Å². The molecule has 0 saturated carbocycles. The molecule has 1 unspecified atom stereocenters. The van der Waals surface area contributed by atoms with Crippen molar-refractivity contribution in [3.8, 4) is 0 Å². The number of fused-ring (bicyclic) bond motifs is 1. The lowest BCUT2D eigenvalue weighted by Gasteiger charge is -2.13. The number of hydrogen-bond donors (Lipinski definition) is 2. The third-order valence-electron chi connectivity index (χ3n) is 3.28. The van der Waals surface area contributed by atoms with Gasteiger partial charge in [0.1, 0.15) is 0 Å². The van der Waals surface area contributed by atoms with Crippen molar-refractivity contribution in [1.29, 1.82) is 0 Å². The highest BCUT2D eigenvalue weighted by Crippen LogP contribution is 2.18. The zero-order valence-electron chi connectivity index (χ0n) is 12.1. The molecule has 1 amide bonds. The Morgan fingerprint density at radius 3 is 3.00 bits per heavy atom. The molecule has 20 heavy (non-hydrogen) atoms. The van der Waals surface area contributed by atoms with Gasteiger partial charge >= 0.3 is 0 Å². The van der Waals surface area contributed by atoms with Crippen molar-refractivity contribution in [2.24, 2.45) is 0 Å². The van der Waals surface area contributed by atoms with E-state index in [1.807, 2.05) is 38.2 Å². The molecule has 0 fully saturated rings. The zero-order chi connectivity index (χ0) is 14.4. The van der Waals surface area contributed by atoms with Crippen LogP contribution in [0.15, 0.2) is 30.5 Å². The standard InChI is InChI=1S/C16H22N2O2/c1-3-20-11-12(2)18-16(19)9-8-13-10-17-15-7-5-4-6-14(13)15/h4-7,10,12,17H,3,8-9,11H2,1-2H3,(H,18,19). The number of aryl methyl sites for hydroxylation is 1. The van der Waals surface area contributed by atoms with Gasteiger partial charge in [-0.15, -0.1) is 0 Å². The van der Waals surface area contributed by atoms with E-state index in [2.05, 4.69) is 16.4 Å². The Morgan fingerprint density at radius 1 is 1.40 bits per heavy atom. The van der Waals surface area contributed by atoms with Gasteiger partial charge in [0, 0.05) is 36.2 Å². The fourth-order valence-electron chi connectivity index (χ4n) is 2.27. The first-order valence-electron chi connectivity index (χ1n) is 7.12. The number of H-pyrrole nitrogens is 1. The van der Waals surface area contributed by atoms with Crippen LogP contribution in [0.3, 0.4) is 0 Å². The second-order valence-corrected chi connectivity index (χ2v) is 4.99. The second-order valence-electron chi connectivity index (χ2n) is 4.99. The van der Waals surface area contributed by atoms with Crippen molar-refractivity contribution in [1.82, 2.24) is 10.3 Å². The molecule has 4 nitrogen and oxygen atoms in total. The van der Waals surface area contributed by atoms with Crippen LogP contribution in [0.5, 0.6) is 0 Å². The quantitative estimate of drug-likeness (QED) is 0.815. The van der Waals surface area contributed by atoms with Crippen molar-refractivity contribution in [2.45, 2.75) is 32.7 Å². The molecule has 0 aliphatic heterocycles. The Hall–Kier alpha value is -1.81. The molecule has 2 aromatic rings. The molecule has 2 rings (SSSR count). The normalized spacial score (nSPS) is 12.5. The number of carbonyl (C=O) groups excluding carboxylic acids is 1. The molecule has 1 atom stereocenters. The highest BCUT2D eigenvalue weighted by molar-refractivity contribution is 5.84. The number of rotatable bonds is 7. The lowest BCUT2D eigenvalue weighted by molar-refractivity contribution is -0.122. The third-order valence-corrected chi connectivity index (χ3v) is 3.28. The molecule has 108 valence electrons. The molecular formula is C16H22N2O2. The summed E-state index contributed by atoms with van der Waals surface area (Å²) in [6, 6.07) is 8.21. The average molecular weight is 274 g/mol.